The fraction of sp³-hybridized carbons (Fsp3) is 0.625. The molecule has 0 atom stereocenters. The highest BCUT2D eigenvalue weighted by Crippen LogP contribution is 2.39. The van der Waals surface area contributed by atoms with E-state index in [9.17, 15) is 0 Å². The van der Waals surface area contributed by atoms with Gasteiger partial charge in [0.15, 0.2) is 6.29 Å². The van der Waals surface area contributed by atoms with Gasteiger partial charge >= 0.3 is 0 Å². The molecule has 1 heterocycles. The molecular formula is C16H24O2. The Balaban J connectivity index is 1.96. The summed E-state index contributed by atoms with van der Waals surface area (Å²) in [6.07, 6.45) is 0.917. The van der Waals surface area contributed by atoms with Crippen molar-refractivity contribution in [1.82, 2.24) is 0 Å². The predicted molar refractivity (Wildman–Crippen MR) is 73.3 cm³/mol. The van der Waals surface area contributed by atoms with Crippen LogP contribution in [0.2, 0.25) is 0 Å². The average molecular weight is 248 g/mol. The lowest BCUT2D eigenvalue weighted by Gasteiger charge is -2.41. The third kappa shape index (κ3) is 3.56. The maximum atomic E-state index is 5.90. The van der Waals surface area contributed by atoms with E-state index in [1.54, 1.807) is 0 Å². The summed E-state index contributed by atoms with van der Waals surface area (Å²) in [6.45, 7) is 10.6. The van der Waals surface area contributed by atoms with Gasteiger partial charge in [0, 0.05) is 11.0 Å². The standard InChI is InChI=1S/C16H24O2/c1-15(2,3)10-16(4)11-17-14(18-12-16)13-8-6-5-7-9-13/h5-9,14H,10-12H2,1-4H3. The third-order valence-corrected chi connectivity index (χ3v) is 3.20. The fourth-order valence-corrected chi connectivity index (χ4v) is 2.83. The van der Waals surface area contributed by atoms with E-state index in [0.717, 1.165) is 25.2 Å². The van der Waals surface area contributed by atoms with Gasteiger partial charge < -0.3 is 9.47 Å². The molecule has 18 heavy (non-hydrogen) atoms. The van der Waals surface area contributed by atoms with E-state index < -0.39 is 0 Å². The molecule has 0 saturated carbocycles. The Labute approximate surface area is 110 Å². The molecule has 0 aromatic heterocycles. The lowest BCUT2D eigenvalue weighted by Crippen LogP contribution is -2.39. The van der Waals surface area contributed by atoms with E-state index in [4.69, 9.17) is 9.47 Å². The SMILES string of the molecule is CC(C)(C)CC1(C)COC(c2ccccc2)OC1. The highest BCUT2D eigenvalue weighted by atomic mass is 16.7. The molecule has 1 saturated heterocycles. The van der Waals surface area contributed by atoms with Gasteiger partial charge in [-0.05, 0) is 11.8 Å². The molecule has 1 aliphatic heterocycles. The molecule has 2 heteroatoms. The smallest absolute Gasteiger partial charge is 0.183 e. The highest BCUT2D eigenvalue weighted by Gasteiger charge is 2.36. The third-order valence-electron chi connectivity index (χ3n) is 3.20. The molecule has 1 aliphatic rings. The van der Waals surface area contributed by atoms with E-state index in [0.29, 0.717) is 5.41 Å². The van der Waals surface area contributed by atoms with E-state index >= 15 is 0 Å². The first-order valence-electron chi connectivity index (χ1n) is 6.66. The summed E-state index contributed by atoms with van der Waals surface area (Å²) in [7, 11) is 0. The molecule has 0 N–H and O–H groups in total. The Morgan fingerprint density at radius 2 is 1.67 bits per heavy atom. The van der Waals surface area contributed by atoms with Crippen molar-refractivity contribution in [3.8, 4) is 0 Å². The molecule has 0 unspecified atom stereocenters. The molecular weight excluding hydrogens is 224 g/mol. The summed E-state index contributed by atoms with van der Waals surface area (Å²) < 4.78 is 11.8. The summed E-state index contributed by atoms with van der Waals surface area (Å²) in [6, 6.07) is 10.2. The molecule has 0 aliphatic carbocycles. The van der Waals surface area contributed by atoms with E-state index in [1.807, 2.05) is 18.2 Å². The molecule has 0 spiro atoms. The second-order valence-electron chi connectivity index (χ2n) is 6.91. The van der Waals surface area contributed by atoms with Gasteiger partial charge in [-0.25, -0.2) is 0 Å². The molecule has 1 fully saturated rings. The zero-order chi connectivity index (χ0) is 13.2. The minimum atomic E-state index is -0.195. The van der Waals surface area contributed by atoms with Crippen LogP contribution in [0.4, 0.5) is 0 Å². The quantitative estimate of drug-likeness (QED) is 0.782. The van der Waals surface area contributed by atoms with Crippen LogP contribution in [0.5, 0.6) is 0 Å². The summed E-state index contributed by atoms with van der Waals surface area (Å²) in [4.78, 5) is 0. The van der Waals surface area contributed by atoms with Gasteiger partial charge in [0.25, 0.3) is 0 Å². The number of rotatable bonds is 2. The van der Waals surface area contributed by atoms with Crippen LogP contribution in [0.25, 0.3) is 0 Å². The van der Waals surface area contributed by atoms with Crippen LogP contribution in [0.3, 0.4) is 0 Å². The van der Waals surface area contributed by atoms with Crippen molar-refractivity contribution >= 4 is 0 Å². The maximum absolute atomic E-state index is 5.90. The number of hydrogen-bond acceptors (Lipinski definition) is 2. The fourth-order valence-electron chi connectivity index (χ4n) is 2.83. The Kier molecular flexibility index (Phi) is 3.79. The van der Waals surface area contributed by atoms with Gasteiger partial charge in [-0.3, -0.25) is 0 Å². The molecule has 0 bridgehead atoms. The molecule has 2 rings (SSSR count). The molecule has 100 valence electrons. The number of hydrogen-bond donors (Lipinski definition) is 0. The van der Waals surface area contributed by atoms with Crippen molar-refractivity contribution in [2.24, 2.45) is 10.8 Å². The first-order valence-corrected chi connectivity index (χ1v) is 6.66. The van der Waals surface area contributed by atoms with Gasteiger partial charge in [0.2, 0.25) is 0 Å². The first kappa shape index (κ1) is 13.6. The summed E-state index contributed by atoms with van der Waals surface area (Å²) in [5.74, 6) is 0. The van der Waals surface area contributed by atoms with Crippen molar-refractivity contribution in [2.45, 2.75) is 40.4 Å². The predicted octanol–water partition coefficient (Wildman–Crippen LogP) is 4.17. The minimum absolute atomic E-state index is 0.129. The lowest BCUT2D eigenvalue weighted by atomic mass is 9.75. The van der Waals surface area contributed by atoms with Crippen LogP contribution < -0.4 is 0 Å². The van der Waals surface area contributed by atoms with E-state index in [2.05, 4.69) is 39.8 Å². The van der Waals surface area contributed by atoms with Crippen molar-refractivity contribution < 1.29 is 9.47 Å². The largest absolute Gasteiger partial charge is 0.348 e. The van der Waals surface area contributed by atoms with Crippen LogP contribution in [0, 0.1) is 10.8 Å². The topological polar surface area (TPSA) is 18.5 Å². The van der Waals surface area contributed by atoms with Gasteiger partial charge in [-0.1, -0.05) is 58.0 Å². The zero-order valence-electron chi connectivity index (χ0n) is 11.9. The molecule has 2 nitrogen and oxygen atoms in total. The van der Waals surface area contributed by atoms with Crippen LogP contribution in [0.15, 0.2) is 30.3 Å². The monoisotopic (exact) mass is 248 g/mol. The number of ether oxygens (including phenoxy) is 2. The molecule has 0 radical (unpaired) electrons. The van der Waals surface area contributed by atoms with Crippen LogP contribution in [-0.2, 0) is 9.47 Å². The average Bonchev–Trinajstić information content (AvgIpc) is 2.28. The van der Waals surface area contributed by atoms with Crippen molar-refractivity contribution in [1.29, 1.82) is 0 Å². The Bertz CT molecular complexity index is 370. The highest BCUT2D eigenvalue weighted by molar-refractivity contribution is 5.16. The zero-order valence-corrected chi connectivity index (χ0v) is 11.9. The normalized spacial score (nSPS) is 29.2. The van der Waals surface area contributed by atoms with Crippen molar-refractivity contribution in [3.05, 3.63) is 35.9 Å². The van der Waals surface area contributed by atoms with E-state index in [-0.39, 0.29) is 11.7 Å². The Morgan fingerprint density at radius 3 is 2.17 bits per heavy atom. The molecule has 1 aromatic rings. The summed E-state index contributed by atoms with van der Waals surface area (Å²) in [5, 5.41) is 0. The van der Waals surface area contributed by atoms with Crippen LogP contribution in [-0.4, -0.2) is 13.2 Å². The van der Waals surface area contributed by atoms with Gasteiger partial charge in [0.05, 0.1) is 13.2 Å². The van der Waals surface area contributed by atoms with Crippen molar-refractivity contribution in [3.63, 3.8) is 0 Å². The van der Waals surface area contributed by atoms with Gasteiger partial charge in [-0.2, -0.15) is 0 Å². The second-order valence-corrected chi connectivity index (χ2v) is 6.91. The minimum Gasteiger partial charge on any atom is -0.348 e. The van der Waals surface area contributed by atoms with Gasteiger partial charge in [-0.15, -0.1) is 0 Å². The Hall–Kier alpha value is -0.860. The van der Waals surface area contributed by atoms with Crippen LogP contribution >= 0.6 is 0 Å². The Morgan fingerprint density at radius 1 is 1.11 bits per heavy atom. The summed E-state index contributed by atoms with van der Waals surface area (Å²) in [5.41, 5.74) is 1.54. The first-order chi connectivity index (χ1) is 8.38. The maximum Gasteiger partial charge on any atom is 0.183 e. The van der Waals surface area contributed by atoms with E-state index in [1.165, 1.54) is 0 Å². The number of benzene rings is 1. The summed E-state index contributed by atoms with van der Waals surface area (Å²) >= 11 is 0. The second kappa shape index (κ2) is 5.02. The molecule has 1 aromatic carbocycles. The van der Waals surface area contributed by atoms with Gasteiger partial charge in [0.1, 0.15) is 0 Å². The molecule has 0 amide bonds. The van der Waals surface area contributed by atoms with Crippen LogP contribution in [0.1, 0.15) is 46.0 Å². The van der Waals surface area contributed by atoms with Crippen molar-refractivity contribution in [2.75, 3.05) is 13.2 Å². The lowest BCUT2D eigenvalue weighted by molar-refractivity contribution is -0.235.